The van der Waals surface area contributed by atoms with Crippen molar-refractivity contribution in [2.75, 3.05) is 10.6 Å². The molecule has 1 aliphatic carbocycles. The summed E-state index contributed by atoms with van der Waals surface area (Å²) in [6.07, 6.45) is 0.766. The Bertz CT molecular complexity index is 1630. The van der Waals surface area contributed by atoms with Gasteiger partial charge in [0.1, 0.15) is 0 Å². The van der Waals surface area contributed by atoms with Crippen molar-refractivity contribution in [1.29, 1.82) is 0 Å². The summed E-state index contributed by atoms with van der Waals surface area (Å²) in [5.74, 6) is -0.674. The molecule has 4 aromatic rings. The third-order valence-electron chi connectivity index (χ3n) is 7.73. The van der Waals surface area contributed by atoms with Crippen LogP contribution in [0.25, 0.3) is 11.1 Å². The Labute approximate surface area is 253 Å². The molecule has 226 valence electrons. The summed E-state index contributed by atoms with van der Waals surface area (Å²) in [6.45, 7) is 0.271. The number of hydrogen-bond donors (Lipinski definition) is 3. The fourth-order valence-electron chi connectivity index (χ4n) is 5.31. The van der Waals surface area contributed by atoms with E-state index in [1.165, 1.54) is 18.6 Å². The van der Waals surface area contributed by atoms with Crippen LogP contribution in [0.5, 0.6) is 0 Å². The molecule has 0 unspecified atom stereocenters. The van der Waals surface area contributed by atoms with E-state index in [1.54, 1.807) is 48.5 Å². The van der Waals surface area contributed by atoms with Gasteiger partial charge in [-0.15, -0.1) is 0 Å². The van der Waals surface area contributed by atoms with E-state index < -0.39 is 17.6 Å². The summed E-state index contributed by atoms with van der Waals surface area (Å²) in [4.78, 5) is 38.6. The van der Waals surface area contributed by atoms with Gasteiger partial charge in [0.25, 0.3) is 11.8 Å². The van der Waals surface area contributed by atoms with Crippen LogP contribution >= 0.6 is 0 Å². The van der Waals surface area contributed by atoms with Crippen LogP contribution in [0.3, 0.4) is 0 Å². The second-order valence-corrected chi connectivity index (χ2v) is 10.9. The molecule has 3 amide bonds. The average molecular weight is 600 g/mol. The van der Waals surface area contributed by atoms with E-state index in [-0.39, 0.29) is 29.8 Å². The molecular formula is C35H32F3N3O3. The van der Waals surface area contributed by atoms with Crippen LogP contribution in [0.2, 0.25) is 0 Å². The lowest BCUT2D eigenvalue weighted by Gasteiger charge is -2.20. The SMILES string of the molecule is O=C(NCc1ccc(NC(=O)C2CCCCC2)cc1)c1cccc(NC(=O)c2ccccc2-c2ccc(C(F)(F)F)cc2)c1. The molecule has 0 atom stereocenters. The molecule has 0 saturated heterocycles. The van der Waals surface area contributed by atoms with Crippen LogP contribution in [0, 0.1) is 5.92 Å². The molecule has 0 aromatic heterocycles. The minimum absolute atomic E-state index is 0.0563. The van der Waals surface area contributed by atoms with Gasteiger partial charge in [-0.3, -0.25) is 14.4 Å². The Hall–Kier alpha value is -4.92. The smallest absolute Gasteiger partial charge is 0.348 e. The Morgan fingerprint density at radius 2 is 1.41 bits per heavy atom. The number of hydrogen-bond acceptors (Lipinski definition) is 3. The van der Waals surface area contributed by atoms with E-state index in [9.17, 15) is 27.6 Å². The fourth-order valence-corrected chi connectivity index (χ4v) is 5.31. The largest absolute Gasteiger partial charge is 0.416 e. The van der Waals surface area contributed by atoms with Crippen LogP contribution < -0.4 is 16.0 Å². The standard InChI is InChI=1S/C35H32F3N3O3/c36-35(37,38)27-17-15-24(16-18-27)30-11-4-5-12-31(30)34(44)41-29-10-6-9-26(21-29)32(42)39-22-23-13-19-28(20-14-23)40-33(43)25-7-2-1-3-8-25/h4-6,9-21,25H,1-3,7-8,22H2,(H,39,42)(H,40,43)(H,41,44). The summed E-state index contributed by atoms with van der Waals surface area (Å²) < 4.78 is 39.0. The van der Waals surface area contributed by atoms with E-state index in [0.29, 0.717) is 22.4 Å². The van der Waals surface area contributed by atoms with Gasteiger partial charge in [-0.2, -0.15) is 13.2 Å². The lowest BCUT2D eigenvalue weighted by molar-refractivity contribution is -0.137. The zero-order valence-electron chi connectivity index (χ0n) is 23.9. The van der Waals surface area contributed by atoms with E-state index in [4.69, 9.17) is 0 Å². The van der Waals surface area contributed by atoms with Crippen LogP contribution in [-0.4, -0.2) is 17.7 Å². The first-order chi connectivity index (χ1) is 21.2. The second kappa shape index (κ2) is 13.6. The van der Waals surface area contributed by atoms with Gasteiger partial charge in [0.05, 0.1) is 5.56 Å². The third-order valence-corrected chi connectivity index (χ3v) is 7.73. The van der Waals surface area contributed by atoms with Gasteiger partial charge in [0.15, 0.2) is 0 Å². The molecule has 0 bridgehead atoms. The van der Waals surface area contributed by atoms with E-state index in [1.807, 2.05) is 24.3 Å². The van der Waals surface area contributed by atoms with Gasteiger partial charge >= 0.3 is 6.18 Å². The third kappa shape index (κ3) is 7.72. The number of amides is 3. The Kier molecular flexibility index (Phi) is 9.43. The second-order valence-electron chi connectivity index (χ2n) is 10.9. The van der Waals surface area contributed by atoms with Crippen LogP contribution in [0.15, 0.2) is 97.1 Å². The summed E-state index contributed by atoms with van der Waals surface area (Å²) in [5, 5.41) is 8.63. The number of carbonyl (C=O) groups is 3. The fraction of sp³-hybridized carbons (Fsp3) is 0.229. The van der Waals surface area contributed by atoms with Gasteiger partial charge in [-0.1, -0.05) is 67.8 Å². The molecule has 1 fully saturated rings. The van der Waals surface area contributed by atoms with Crippen molar-refractivity contribution in [3.63, 3.8) is 0 Å². The maximum Gasteiger partial charge on any atom is 0.416 e. The molecule has 1 saturated carbocycles. The summed E-state index contributed by atoms with van der Waals surface area (Å²) in [7, 11) is 0. The number of nitrogens with one attached hydrogen (secondary N) is 3. The van der Waals surface area contributed by atoms with Gasteiger partial charge in [0.2, 0.25) is 5.91 Å². The maximum absolute atomic E-state index is 13.2. The highest BCUT2D eigenvalue weighted by Crippen LogP contribution is 2.32. The monoisotopic (exact) mass is 599 g/mol. The van der Waals surface area contributed by atoms with E-state index >= 15 is 0 Å². The van der Waals surface area contributed by atoms with Gasteiger partial charge in [-0.25, -0.2) is 0 Å². The van der Waals surface area contributed by atoms with Gasteiger partial charge in [0, 0.05) is 35.0 Å². The predicted octanol–water partition coefficient (Wildman–Crippen LogP) is 8.07. The van der Waals surface area contributed by atoms with Crippen LogP contribution in [-0.2, 0) is 17.5 Å². The Morgan fingerprint density at radius 3 is 2.11 bits per heavy atom. The van der Waals surface area contributed by atoms with Crippen molar-refractivity contribution in [3.8, 4) is 11.1 Å². The predicted molar refractivity (Wildman–Crippen MR) is 164 cm³/mol. The first kappa shape index (κ1) is 30.5. The summed E-state index contributed by atoms with van der Waals surface area (Å²) >= 11 is 0. The van der Waals surface area contributed by atoms with Crippen molar-refractivity contribution in [2.45, 2.75) is 44.8 Å². The minimum atomic E-state index is -4.45. The van der Waals surface area contributed by atoms with E-state index in [0.717, 1.165) is 49.1 Å². The number of alkyl halides is 3. The zero-order valence-corrected chi connectivity index (χ0v) is 23.9. The molecule has 1 aliphatic rings. The number of carbonyl (C=O) groups excluding carboxylic acids is 3. The highest BCUT2D eigenvalue weighted by atomic mass is 19.4. The molecule has 0 aliphatic heterocycles. The van der Waals surface area contributed by atoms with Gasteiger partial charge < -0.3 is 16.0 Å². The topological polar surface area (TPSA) is 87.3 Å². The lowest BCUT2D eigenvalue weighted by atomic mass is 9.88. The van der Waals surface area contributed by atoms with Crippen molar-refractivity contribution < 1.29 is 27.6 Å². The summed E-state index contributed by atoms with van der Waals surface area (Å²) in [5.41, 5.74) is 2.77. The summed E-state index contributed by atoms with van der Waals surface area (Å²) in [6, 6.07) is 25.1. The highest BCUT2D eigenvalue weighted by Gasteiger charge is 2.30. The van der Waals surface area contributed by atoms with Gasteiger partial charge in [-0.05, 0) is 78.1 Å². The Balaban J connectivity index is 1.19. The van der Waals surface area contributed by atoms with Crippen molar-refractivity contribution in [3.05, 3.63) is 119 Å². The maximum atomic E-state index is 13.2. The molecule has 3 N–H and O–H groups in total. The molecule has 0 radical (unpaired) electrons. The lowest BCUT2D eigenvalue weighted by Crippen LogP contribution is -2.25. The number of benzene rings is 4. The highest BCUT2D eigenvalue weighted by molar-refractivity contribution is 6.09. The Morgan fingerprint density at radius 1 is 0.705 bits per heavy atom. The van der Waals surface area contributed by atoms with Crippen LogP contribution in [0.4, 0.5) is 24.5 Å². The normalized spacial score (nSPS) is 13.6. The van der Waals surface area contributed by atoms with Crippen LogP contribution in [0.1, 0.15) is 63.9 Å². The molecule has 44 heavy (non-hydrogen) atoms. The first-order valence-electron chi connectivity index (χ1n) is 14.5. The molecule has 0 heterocycles. The molecule has 0 spiro atoms. The minimum Gasteiger partial charge on any atom is -0.348 e. The first-order valence-corrected chi connectivity index (χ1v) is 14.5. The van der Waals surface area contributed by atoms with Crippen molar-refractivity contribution in [1.82, 2.24) is 5.32 Å². The van der Waals surface area contributed by atoms with Crippen molar-refractivity contribution in [2.24, 2.45) is 5.92 Å². The molecule has 9 heteroatoms. The molecule has 5 rings (SSSR count). The van der Waals surface area contributed by atoms with Crippen molar-refractivity contribution >= 4 is 29.1 Å². The number of halogens is 3. The van der Waals surface area contributed by atoms with E-state index in [2.05, 4.69) is 16.0 Å². The zero-order chi connectivity index (χ0) is 31.1. The number of anilines is 2. The number of rotatable bonds is 8. The molecule has 4 aromatic carbocycles. The average Bonchev–Trinajstić information content (AvgIpc) is 3.04. The molecule has 6 nitrogen and oxygen atoms in total. The quantitative estimate of drug-likeness (QED) is 0.191. The molecular weight excluding hydrogens is 567 g/mol.